The first kappa shape index (κ1) is 13.8. The van der Waals surface area contributed by atoms with E-state index in [0.717, 1.165) is 13.0 Å². The number of aromatic nitrogens is 1. The number of benzene rings is 1. The van der Waals surface area contributed by atoms with Crippen molar-refractivity contribution in [3.63, 3.8) is 0 Å². The van der Waals surface area contributed by atoms with E-state index < -0.39 is 0 Å². The van der Waals surface area contributed by atoms with E-state index in [2.05, 4.69) is 61.4 Å². The van der Waals surface area contributed by atoms with Crippen molar-refractivity contribution >= 4 is 0 Å². The zero-order valence-electron chi connectivity index (χ0n) is 12.0. The van der Waals surface area contributed by atoms with Gasteiger partial charge in [-0.2, -0.15) is 0 Å². The van der Waals surface area contributed by atoms with Gasteiger partial charge in [0.25, 0.3) is 0 Å². The van der Waals surface area contributed by atoms with Crippen LogP contribution in [0.1, 0.15) is 41.6 Å². The summed E-state index contributed by atoms with van der Waals surface area (Å²) in [5, 5.41) is 3.62. The molecule has 0 spiro atoms. The summed E-state index contributed by atoms with van der Waals surface area (Å²) in [7, 11) is 0. The summed E-state index contributed by atoms with van der Waals surface area (Å²) in [5.41, 5.74) is 5.04. The van der Waals surface area contributed by atoms with E-state index in [9.17, 15) is 0 Å². The Morgan fingerprint density at radius 3 is 2.53 bits per heavy atom. The Morgan fingerprint density at radius 2 is 1.84 bits per heavy atom. The normalized spacial score (nSPS) is 12.4. The maximum atomic E-state index is 4.32. The van der Waals surface area contributed by atoms with Gasteiger partial charge in [-0.3, -0.25) is 4.98 Å². The second-order valence-electron chi connectivity index (χ2n) is 5.10. The second kappa shape index (κ2) is 6.48. The van der Waals surface area contributed by atoms with Crippen molar-refractivity contribution in [1.82, 2.24) is 10.3 Å². The highest BCUT2D eigenvalue weighted by Crippen LogP contribution is 2.23. The largest absolute Gasteiger partial charge is 0.306 e. The number of aryl methyl sites for hydroxylation is 2. The van der Waals surface area contributed by atoms with E-state index in [1.165, 1.54) is 22.3 Å². The molecule has 0 aliphatic rings. The molecule has 0 saturated carbocycles. The molecule has 0 aliphatic carbocycles. The Hall–Kier alpha value is -1.67. The van der Waals surface area contributed by atoms with Gasteiger partial charge >= 0.3 is 0 Å². The smallest absolute Gasteiger partial charge is 0.0592 e. The van der Waals surface area contributed by atoms with Crippen LogP contribution in [0.4, 0.5) is 0 Å². The number of nitrogens with zero attached hydrogens (tertiary/aromatic N) is 1. The SMILES string of the molecule is CCCNC(c1cccc(C)c1)c1cncc(C)c1. The summed E-state index contributed by atoms with van der Waals surface area (Å²) >= 11 is 0. The van der Waals surface area contributed by atoms with Gasteiger partial charge in [0.15, 0.2) is 0 Å². The molecule has 0 saturated heterocycles. The van der Waals surface area contributed by atoms with Crippen LogP contribution in [-0.4, -0.2) is 11.5 Å². The van der Waals surface area contributed by atoms with Gasteiger partial charge in [-0.15, -0.1) is 0 Å². The van der Waals surface area contributed by atoms with E-state index in [1.54, 1.807) is 0 Å². The highest BCUT2D eigenvalue weighted by molar-refractivity contribution is 5.34. The molecule has 1 N–H and O–H groups in total. The van der Waals surface area contributed by atoms with Crippen molar-refractivity contribution in [3.8, 4) is 0 Å². The van der Waals surface area contributed by atoms with Crippen LogP contribution in [0.25, 0.3) is 0 Å². The monoisotopic (exact) mass is 254 g/mol. The van der Waals surface area contributed by atoms with Crippen molar-refractivity contribution in [3.05, 3.63) is 65.0 Å². The summed E-state index contributed by atoms with van der Waals surface area (Å²) in [6, 6.07) is 11.1. The molecule has 0 bridgehead atoms. The molecule has 1 aromatic carbocycles. The van der Waals surface area contributed by atoms with Gasteiger partial charge in [-0.05, 0) is 43.5 Å². The van der Waals surface area contributed by atoms with Crippen LogP contribution in [0.15, 0.2) is 42.7 Å². The van der Waals surface area contributed by atoms with Crippen molar-refractivity contribution in [2.24, 2.45) is 0 Å². The maximum Gasteiger partial charge on any atom is 0.0592 e. The zero-order chi connectivity index (χ0) is 13.7. The summed E-state index contributed by atoms with van der Waals surface area (Å²) in [5.74, 6) is 0. The minimum absolute atomic E-state index is 0.229. The second-order valence-corrected chi connectivity index (χ2v) is 5.10. The molecule has 0 aliphatic heterocycles. The summed E-state index contributed by atoms with van der Waals surface area (Å²) < 4.78 is 0. The Bertz CT molecular complexity index is 489. The van der Waals surface area contributed by atoms with Crippen LogP contribution in [0.5, 0.6) is 0 Å². The molecule has 2 rings (SSSR count). The third-order valence-electron chi connectivity index (χ3n) is 3.20. The first-order valence-electron chi connectivity index (χ1n) is 6.92. The first-order valence-corrected chi connectivity index (χ1v) is 6.92. The first-order chi connectivity index (χ1) is 9.20. The number of pyridine rings is 1. The molecule has 1 heterocycles. The molecule has 0 radical (unpaired) electrons. The number of nitrogens with one attached hydrogen (secondary N) is 1. The highest BCUT2D eigenvalue weighted by Gasteiger charge is 2.13. The Labute approximate surface area is 115 Å². The molecule has 1 aromatic heterocycles. The molecule has 1 unspecified atom stereocenters. The number of hydrogen-bond donors (Lipinski definition) is 1. The number of hydrogen-bond acceptors (Lipinski definition) is 2. The van der Waals surface area contributed by atoms with E-state index in [0.29, 0.717) is 0 Å². The van der Waals surface area contributed by atoms with E-state index in [1.807, 2.05) is 12.4 Å². The van der Waals surface area contributed by atoms with Gasteiger partial charge in [0, 0.05) is 12.4 Å². The molecule has 0 amide bonds. The third-order valence-corrected chi connectivity index (χ3v) is 3.20. The fourth-order valence-corrected chi connectivity index (χ4v) is 2.30. The lowest BCUT2D eigenvalue weighted by atomic mass is 9.97. The van der Waals surface area contributed by atoms with Crippen LogP contribution in [0.2, 0.25) is 0 Å². The predicted molar refractivity (Wildman–Crippen MR) is 80.3 cm³/mol. The summed E-state index contributed by atoms with van der Waals surface area (Å²) in [6.07, 6.45) is 4.99. The summed E-state index contributed by atoms with van der Waals surface area (Å²) in [4.78, 5) is 4.32. The van der Waals surface area contributed by atoms with Crippen LogP contribution in [0, 0.1) is 13.8 Å². The molecule has 19 heavy (non-hydrogen) atoms. The molecule has 100 valence electrons. The average Bonchev–Trinajstić information content (AvgIpc) is 2.39. The molecule has 2 nitrogen and oxygen atoms in total. The Morgan fingerprint density at radius 1 is 1.05 bits per heavy atom. The van der Waals surface area contributed by atoms with Crippen molar-refractivity contribution < 1.29 is 0 Å². The lowest BCUT2D eigenvalue weighted by Crippen LogP contribution is -2.23. The molecule has 1 atom stereocenters. The Kier molecular flexibility index (Phi) is 4.69. The number of rotatable bonds is 5. The molecule has 0 fully saturated rings. The lowest BCUT2D eigenvalue weighted by Gasteiger charge is -2.20. The maximum absolute atomic E-state index is 4.32. The fourth-order valence-electron chi connectivity index (χ4n) is 2.30. The van der Waals surface area contributed by atoms with Crippen molar-refractivity contribution in [2.75, 3.05) is 6.54 Å². The topological polar surface area (TPSA) is 24.9 Å². The molecule has 2 heteroatoms. The van der Waals surface area contributed by atoms with Gasteiger partial charge in [-0.25, -0.2) is 0 Å². The molecule has 2 aromatic rings. The standard InChI is InChI=1S/C17H22N2/c1-4-8-19-17(15-7-5-6-13(2)9-15)16-10-14(3)11-18-12-16/h5-7,9-12,17,19H,4,8H2,1-3H3. The Balaban J connectivity index is 2.35. The minimum Gasteiger partial charge on any atom is -0.306 e. The average molecular weight is 254 g/mol. The zero-order valence-corrected chi connectivity index (χ0v) is 12.0. The highest BCUT2D eigenvalue weighted by atomic mass is 14.9. The van der Waals surface area contributed by atoms with E-state index in [-0.39, 0.29) is 6.04 Å². The van der Waals surface area contributed by atoms with Crippen molar-refractivity contribution in [1.29, 1.82) is 0 Å². The van der Waals surface area contributed by atoms with Crippen molar-refractivity contribution in [2.45, 2.75) is 33.2 Å². The van der Waals surface area contributed by atoms with Gasteiger partial charge in [-0.1, -0.05) is 42.8 Å². The third kappa shape index (κ3) is 3.65. The fraction of sp³-hybridized carbons (Fsp3) is 0.353. The van der Waals surface area contributed by atoms with Gasteiger partial charge < -0.3 is 5.32 Å². The van der Waals surface area contributed by atoms with Gasteiger partial charge in [0.05, 0.1) is 6.04 Å². The molecular formula is C17H22N2. The van der Waals surface area contributed by atoms with Crippen LogP contribution in [-0.2, 0) is 0 Å². The minimum atomic E-state index is 0.229. The van der Waals surface area contributed by atoms with E-state index in [4.69, 9.17) is 0 Å². The van der Waals surface area contributed by atoms with Crippen LogP contribution in [0.3, 0.4) is 0 Å². The quantitative estimate of drug-likeness (QED) is 0.878. The van der Waals surface area contributed by atoms with Gasteiger partial charge in [0.2, 0.25) is 0 Å². The molecular weight excluding hydrogens is 232 g/mol. The lowest BCUT2D eigenvalue weighted by molar-refractivity contribution is 0.596. The predicted octanol–water partition coefficient (Wildman–Crippen LogP) is 3.79. The van der Waals surface area contributed by atoms with Crippen LogP contribution < -0.4 is 5.32 Å². The van der Waals surface area contributed by atoms with Gasteiger partial charge in [0.1, 0.15) is 0 Å². The van der Waals surface area contributed by atoms with Crippen LogP contribution >= 0.6 is 0 Å². The summed E-state index contributed by atoms with van der Waals surface area (Å²) in [6.45, 7) is 7.42. The van der Waals surface area contributed by atoms with E-state index >= 15 is 0 Å².